The van der Waals surface area contributed by atoms with Crippen molar-refractivity contribution in [3.63, 3.8) is 0 Å². The van der Waals surface area contributed by atoms with Gasteiger partial charge in [0.25, 0.3) is 11.8 Å². The van der Waals surface area contributed by atoms with E-state index in [1.165, 1.54) is 35.2 Å². The van der Waals surface area contributed by atoms with E-state index < -0.39 is 43.4 Å². The van der Waals surface area contributed by atoms with Gasteiger partial charge in [0, 0.05) is 17.8 Å². The van der Waals surface area contributed by atoms with Gasteiger partial charge in [-0.1, -0.05) is 6.07 Å². The lowest BCUT2D eigenvalue weighted by molar-refractivity contribution is -0.146. The Bertz CT molecular complexity index is 993. The fourth-order valence-electron chi connectivity index (χ4n) is 2.52. The van der Waals surface area contributed by atoms with Crippen LogP contribution in [0.2, 0.25) is 0 Å². The van der Waals surface area contributed by atoms with Crippen molar-refractivity contribution in [1.29, 1.82) is 5.26 Å². The summed E-state index contributed by atoms with van der Waals surface area (Å²) in [4.78, 5) is 37.5. The van der Waals surface area contributed by atoms with Crippen molar-refractivity contribution in [1.82, 2.24) is 5.32 Å². The Labute approximate surface area is 181 Å². The molecule has 0 aromatic heterocycles. The molecular weight excluding hydrogens is 431 g/mol. The molecule has 8 nitrogen and oxygen atoms in total. The Morgan fingerprint density at radius 3 is 2.50 bits per heavy atom. The minimum Gasteiger partial charge on any atom is -0.454 e. The van der Waals surface area contributed by atoms with E-state index in [1.807, 2.05) is 6.07 Å². The van der Waals surface area contributed by atoms with Crippen LogP contribution in [0.4, 0.5) is 18.9 Å². The quantitative estimate of drug-likeness (QED) is 0.559. The number of ether oxygens (including phenoxy) is 2. The highest BCUT2D eigenvalue weighted by atomic mass is 19.3. The van der Waals surface area contributed by atoms with Gasteiger partial charge in [-0.25, -0.2) is 4.39 Å². The Balaban J connectivity index is 1.88. The first-order valence-electron chi connectivity index (χ1n) is 9.21. The number of rotatable bonds is 10. The molecule has 0 aliphatic heterocycles. The molecular formula is C21H18F3N3O5. The lowest BCUT2D eigenvalue weighted by Gasteiger charge is -2.21. The number of hydrogen-bond donors (Lipinski definition) is 1. The standard InChI is InChI=1S/C21H18F3N3O5/c22-15-5-7-16(8-6-15)27(10-2-9-25)18(28)13-31-19(29)12-26-20(30)14-3-1-4-17(11-14)32-21(23)24/h1,3-8,11,21H,2,10,12-13H2,(H,26,30). The van der Waals surface area contributed by atoms with Gasteiger partial charge in [-0.2, -0.15) is 14.0 Å². The molecule has 0 aliphatic carbocycles. The number of benzene rings is 2. The number of carbonyl (C=O) groups is 3. The van der Waals surface area contributed by atoms with Crippen molar-refractivity contribution in [3.05, 3.63) is 59.9 Å². The number of halogens is 3. The number of nitriles is 1. The maximum absolute atomic E-state index is 13.1. The lowest BCUT2D eigenvalue weighted by atomic mass is 10.2. The van der Waals surface area contributed by atoms with Crippen LogP contribution in [0, 0.1) is 17.1 Å². The minimum atomic E-state index is -3.05. The van der Waals surface area contributed by atoms with Crippen LogP contribution in [0.5, 0.6) is 5.75 Å². The van der Waals surface area contributed by atoms with E-state index in [4.69, 9.17) is 10.00 Å². The van der Waals surface area contributed by atoms with Gasteiger partial charge in [-0.05, 0) is 42.5 Å². The molecule has 32 heavy (non-hydrogen) atoms. The average molecular weight is 449 g/mol. The van der Waals surface area contributed by atoms with Crippen molar-refractivity contribution < 1.29 is 37.0 Å². The molecule has 0 atom stereocenters. The molecule has 0 unspecified atom stereocenters. The van der Waals surface area contributed by atoms with Crippen molar-refractivity contribution >= 4 is 23.5 Å². The third-order valence-corrected chi connectivity index (χ3v) is 3.96. The molecule has 0 saturated heterocycles. The summed E-state index contributed by atoms with van der Waals surface area (Å²) >= 11 is 0. The summed E-state index contributed by atoms with van der Waals surface area (Å²) in [5, 5.41) is 11.0. The molecule has 2 aromatic carbocycles. The molecule has 0 bridgehead atoms. The van der Waals surface area contributed by atoms with E-state index >= 15 is 0 Å². The number of alkyl halides is 2. The van der Waals surface area contributed by atoms with Crippen LogP contribution >= 0.6 is 0 Å². The second-order valence-corrected chi connectivity index (χ2v) is 6.18. The van der Waals surface area contributed by atoms with Crippen molar-refractivity contribution in [2.75, 3.05) is 24.6 Å². The number of esters is 1. The molecule has 2 aromatic rings. The van der Waals surface area contributed by atoms with Crippen LogP contribution in [0.15, 0.2) is 48.5 Å². The molecule has 2 amide bonds. The smallest absolute Gasteiger partial charge is 0.387 e. The fraction of sp³-hybridized carbons (Fsp3) is 0.238. The highest BCUT2D eigenvalue weighted by molar-refractivity contribution is 5.97. The van der Waals surface area contributed by atoms with Gasteiger partial charge in [0.05, 0.1) is 12.5 Å². The Kier molecular flexibility index (Phi) is 9.04. The van der Waals surface area contributed by atoms with Crippen LogP contribution < -0.4 is 15.0 Å². The number of carbonyl (C=O) groups excluding carboxylic acids is 3. The van der Waals surface area contributed by atoms with Crippen LogP contribution in [-0.2, 0) is 14.3 Å². The molecule has 1 N–H and O–H groups in total. The number of nitrogens with one attached hydrogen (secondary N) is 1. The SMILES string of the molecule is N#CCCN(C(=O)COC(=O)CNC(=O)c1cccc(OC(F)F)c1)c1ccc(F)cc1. The summed E-state index contributed by atoms with van der Waals surface area (Å²) in [5.41, 5.74) is 0.299. The maximum Gasteiger partial charge on any atom is 0.387 e. The van der Waals surface area contributed by atoms with E-state index in [0.717, 1.165) is 18.2 Å². The second kappa shape index (κ2) is 11.9. The van der Waals surface area contributed by atoms with E-state index in [0.29, 0.717) is 5.69 Å². The van der Waals surface area contributed by atoms with E-state index in [2.05, 4.69) is 10.1 Å². The van der Waals surface area contributed by atoms with Gasteiger partial charge in [0.1, 0.15) is 18.1 Å². The molecule has 2 rings (SSSR count). The predicted octanol–water partition coefficient (Wildman–Crippen LogP) is 2.65. The first-order chi connectivity index (χ1) is 15.3. The normalized spacial score (nSPS) is 10.2. The zero-order valence-corrected chi connectivity index (χ0v) is 16.6. The Hall–Kier alpha value is -4.07. The van der Waals surface area contributed by atoms with Gasteiger partial charge in [-0.15, -0.1) is 0 Å². The molecule has 0 saturated carbocycles. The number of nitrogens with zero attached hydrogens (tertiary/aromatic N) is 2. The Morgan fingerprint density at radius 2 is 1.84 bits per heavy atom. The van der Waals surface area contributed by atoms with E-state index in [-0.39, 0.29) is 24.3 Å². The number of anilines is 1. The van der Waals surface area contributed by atoms with E-state index in [1.54, 1.807) is 0 Å². The van der Waals surface area contributed by atoms with Crippen LogP contribution in [0.1, 0.15) is 16.8 Å². The van der Waals surface area contributed by atoms with Crippen LogP contribution in [-0.4, -0.2) is 44.1 Å². The van der Waals surface area contributed by atoms with Gasteiger partial charge >= 0.3 is 12.6 Å². The first kappa shape index (κ1) is 24.2. The van der Waals surface area contributed by atoms with Crippen LogP contribution in [0.25, 0.3) is 0 Å². The monoisotopic (exact) mass is 449 g/mol. The van der Waals surface area contributed by atoms with Crippen molar-refractivity contribution in [2.24, 2.45) is 0 Å². The fourth-order valence-corrected chi connectivity index (χ4v) is 2.52. The molecule has 0 fully saturated rings. The zero-order chi connectivity index (χ0) is 23.5. The van der Waals surface area contributed by atoms with Gasteiger partial charge in [0.2, 0.25) is 0 Å². The highest BCUT2D eigenvalue weighted by Gasteiger charge is 2.18. The van der Waals surface area contributed by atoms with Gasteiger partial charge in [-0.3, -0.25) is 14.4 Å². The van der Waals surface area contributed by atoms with E-state index in [9.17, 15) is 27.6 Å². The topological polar surface area (TPSA) is 109 Å². The summed E-state index contributed by atoms with van der Waals surface area (Å²) in [6, 6.07) is 11.8. The average Bonchev–Trinajstić information content (AvgIpc) is 2.77. The zero-order valence-electron chi connectivity index (χ0n) is 16.6. The lowest BCUT2D eigenvalue weighted by Crippen LogP contribution is -2.37. The molecule has 0 radical (unpaired) electrons. The molecule has 0 aliphatic rings. The minimum absolute atomic E-state index is 0.00145. The van der Waals surface area contributed by atoms with Crippen molar-refractivity contribution in [3.8, 4) is 11.8 Å². The summed E-state index contributed by atoms with van der Waals surface area (Å²) < 4.78 is 46.7. The van der Waals surface area contributed by atoms with Gasteiger partial charge < -0.3 is 19.7 Å². The van der Waals surface area contributed by atoms with Crippen molar-refractivity contribution in [2.45, 2.75) is 13.0 Å². The summed E-state index contributed by atoms with van der Waals surface area (Å²) in [6.45, 7) is -4.30. The molecule has 0 heterocycles. The third kappa shape index (κ3) is 7.64. The number of amides is 2. The molecule has 0 spiro atoms. The predicted molar refractivity (Wildman–Crippen MR) is 105 cm³/mol. The second-order valence-electron chi connectivity index (χ2n) is 6.18. The first-order valence-corrected chi connectivity index (χ1v) is 9.21. The Morgan fingerprint density at radius 1 is 1.12 bits per heavy atom. The summed E-state index contributed by atoms with van der Waals surface area (Å²) in [7, 11) is 0. The molecule has 11 heteroatoms. The summed E-state index contributed by atoms with van der Waals surface area (Å²) in [5.74, 6) is -3.04. The molecule has 168 valence electrons. The largest absolute Gasteiger partial charge is 0.454 e. The number of hydrogen-bond acceptors (Lipinski definition) is 6. The summed E-state index contributed by atoms with van der Waals surface area (Å²) in [6.07, 6.45) is 0.00145. The van der Waals surface area contributed by atoms with Crippen LogP contribution in [0.3, 0.4) is 0 Å². The highest BCUT2D eigenvalue weighted by Crippen LogP contribution is 2.17. The van der Waals surface area contributed by atoms with Gasteiger partial charge in [0.15, 0.2) is 6.61 Å². The third-order valence-electron chi connectivity index (χ3n) is 3.96. The maximum atomic E-state index is 13.1.